The second-order valence-electron chi connectivity index (χ2n) is 3.95. The highest BCUT2D eigenvalue weighted by Crippen LogP contribution is 2.25. The maximum Gasteiger partial charge on any atom is 0.269 e. The van der Waals surface area contributed by atoms with E-state index in [1.807, 2.05) is 0 Å². The number of thiazole rings is 1. The van der Waals surface area contributed by atoms with E-state index in [0.29, 0.717) is 15.7 Å². The molecule has 0 saturated heterocycles. The van der Waals surface area contributed by atoms with Crippen LogP contribution < -0.4 is 16.4 Å². The summed E-state index contributed by atoms with van der Waals surface area (Å²) in [4.78, 5) is 16.3. The highest BCUT2D eigenvalue weighted by molar-refractivity contribution is 7.18. The topological polar surface area (TPSA) is 80.0 Å². The monoisotopic (exact) mass is 280 g/mol. The smallest absolute Gasteiger partial charge is 0.269 e. The molecule has 5 nitrogen and oxygen atoms in total. The maximum absolute atomic E-state index is 13.2. The van der Waals surface area contributed by atoms with Crippen LogP contribution in [0.4, 0.5) is 21.0 Å². The largest absolute Gasteiger partial charge is 0.382 e. The van der Waals surface area contributed by atoms with Crippen molar-refractivity contribution in [2.45, 2.75) is 6.92 Å². The Morgan fingerprint density at radius 3 is 2.74 bits per heavy atom. The first-order valence-corrected chi connectivity index (χ1v) is 6.34. The molecule has 0 atom stereocenters. The second-order valence-corrected chi connectivity index (χ2v) is 4.95. The van der Waals surface area contributed by atoms with Crippen molar-refractivity contribution in [3.63, 3.8) is 0 Å². The molecule has 0 aliphatic rings. The second kappa shape index (κ2) is 5.23. The summed E-state index contributed by atoms with van der Waals surface area (Å²) in [7, 11) is 1.69. The lowest BCUT2D eigenvalue weighted by Gasteiger charge is -2.05. The van der Waals surface area contributed by atoms with Gasteiger partial charge in [0.05, 0.1) is 0 Å². The third-order valence-electron chi connectivity index (χ3n) is 2.37. The molecular weight excluding hydrogens is 267 g/mol. The van der Waals surface area contributed by atoms with Crippen LogP contribution in [0.3, 0.4) is 0 Å². The van der Waals surface area contributed by atoms with Gasteiger partial charge in [-0.2, -0.15) is 0 Å². The number of hydrogen-bond donors (Lipinski definition) is 3. The molecule has 4 N–H and O–H groups in total. The number of carbonyl (C=O) groups is 1. The SMILES string of the molecule is CNc1nc(N)c(C(=O)Nc2cc(C)cc(F)c2)s1. The summed E-state index contributed by atoms with van der Waals surface area (Å²) in [6.45, 7) is 1.75. The number of aryl methyl sites for hydroxylation is 1. The van der Waals surface area contributed by atoms with E-state index < -0.39 is 11.7 Å². The average Bonchev–Trinajstić information content (AvgIpc) is 2.69. The minimum Gasteiger partial charge on any atom is -0.382 e. The Balaban J connectivity index is 2.22. The summed E-state index contributed by atoms with van der Waals surface area (Å²) in [5.41, 5.74) is 6.77. The summed E-state index contributed by atoms with van der Waals surface area (Å²) < 4.78 is 13.2. The van der Waals surface area contributed by atoms with Gasteiger partial charge in [-0.05, 0) is 30.7 Å². The van der Waals surface area contributed by atoms with Crippen molar-refractivity contribution in [1.82, 2.24) is 4.98 Å². The van der Waals surface area contributed by atoms with Crippen LogP contribution in [0.2, 0.25) is 0 Å². The number of nitrogens with zero attached hydrogens (tertiary/aromatic N) is 1. The molecule has 1 amide bonds. The van der Waals surface area contributed by atoms with Crippen LogP contribution in [-0.2, 0) is 0 Å². The Bertz CT molecular complexity index is 606. The number of rotatable bonds is 3. The number of anilines is 3. The summed E-state index contributed by atoms with van der Waals surface area (Å²) in [6.07, 6.45) is 0. The van der Waals surface area contributed by atoms with Gasteiger partial charge in [0.25, 0.3) is 5.91 Å². The molecule has 0 saturated carbocycles. The first-order valence-electron chi connectivity index (χ1n) is 5.52. The van der Waals surface area contributed by atoms with Crippen molar-refractivity contribution in [3.05, 3.63) is 34.5 Å². The zero-order valence-electron chi connectivity index (χ0n) is 10.5. The number of nitrogens with two attached hydrogens (primary N) is 1. The lowest BCUT2D eigenvalue weighted by Crippen LogP contribution is -2.12. The molecule has 2 aromatic rings. The number of nitrogens with one attached hydrogen (secondary N) is 2. The van der Waals surface area contributed by atoms with Gasteiger partial charge in [0.2, 0.25) is 0 Å². The van der Waals surface area contributed by atoms with Gasteiger partial charge in [-0.3, -0.25) is 4.79 Å². The van der Waals surface area contributed by atoms with Crippen molar-refractivity contribution in [3.8, 4) is 0 Å². The number of aromatic nitrogens is 1. The van der Waals surface area contributed by atoms with E-state index in [1.54, 1.807) is 20.0 Å². The molecule has 0 spiro atoms. The predicted octanol–water partition coefficient (Wildman–Crippen LogP) is 2.47. The van der Waals surface area contributed by atoms with Crippen molar-refractivity contribution in [1.29, 1.82) is 0 Å². The molecule has 1 heterocycles. The van der Waals surface area contributed by atoms with Crippen LogP contribution in [0, 0.1) is 12.7 Å². The third-order valence-corrected chi connectivity index (χ3v) is 3.46. The lowest BCUT2D eigenvalue weighted by molar-refractivity contribution is 0.103. The first-order chi connectivity index (χ1) is 8.99. The summed E-state index contributed by atoms with van der Waals surface area (Å²) in [6, 6.07) is 4.31. The van der Waals surface area contributed by atoms with Crippen LogP contribution in [-0.4, -0.2) is 17.9 Å². The van der Waals surface area contributed by atoms with Crippen molar-refractivity contribution in [2.24, 2.45) is 0 Å². The van der Waals surface area contributed by atoms with E-state index in [1.165, 1.54) is 12.1 Å². The molecule has 0 fully saturated rings. The predicted molar refractivity (Wildman–Crippen MR) is 75.2 cm³/mol. The molecule has 0 bridgehead atoms. The van der Waals surface area contributed by atoms with Gasteiger partial charge in [0.1, 0.15) is 16.5 Å². The van der Waals surface area contributed by atoms with Gasteiger partial charge in [-0.15, -0.1) is 0 Å². The zero-order valence-corrected chi connectivity index (χ0v) is 11.3. The third kappa shape index (κ3) is 3.00. The lowest BCUT2D eigenvalue weighted by atomic mass is 10.2. The van der Waals surface area contributed by atoms with E-state index in [0.717, 1.165) is 16.9 Å². The zero-order chi connectivity index (χ0) is 14.0. The number of hydrogen-bond acceptors (Lipinski definition) is 5. The molecule has 0 unspecified atom stereocenters. The van der Waals surface area contributed by atoms with E-state index in [4.69, 9.17) is 5.73 Å². The van der Waals surface area contributed by atoms with Crippen LogP contribution >= 0.6 is 11.3 Å². The average molecular weight is 280 g/mol. The summed E-state index contributed by atoms with van der Waals surface area (Å²) >= 11 is 1.14. The minimum absolute atomic E-state index is 0.153. The van der Waals surface area contributed by atoms with Gasteiger partial charge in [-0.1, -0.05) is 11.3 Å². The molecule has 100 valence electrons. The van der Waals surface area contributed by atoms with Crippen LogP contribution in [0.15, 0.2) is 18.2 Å². The maximum atomic E-state index is 13.2. The fraction of sp³-hybridized carbons (Fsp3) is 0.167. The van der Waals surface area contributed by atoms with Gasteiger partial charge >= 0.3 is 0 Å². The van der Waals surface area contributed by atoms with Crippen LogP contribution in [0.1, 0.15) is 15.2 Å². The number of amides is 1. The highest BCUT2D eigenvalue weighted by Gasteiger charge is 2.16. The molecule has 19 heavy (non-hydrogen) atoms. The number of nitrogen functional groups attached to an aromatic ring is 1. The molecule has 2 rings (SSSR count). The quantitative estimate of drug-likeness (QED) is 0.807. The van der Waals surface area contributed by atoms with E-state index in [2.05, 4.69) is 15.6 Å². The van der Waals surface area contributed by atoms with Crippen molar-refractivity contribution in [2.75, 3.05) is 23.4 Å². The molecular formula is C12H13FN4OS. The number of benzene rings is 1. The molecule has 0 radical (unpaired) electrons. The van der Waals surface area contributed by atoms with Crippen LogP contribution in [0.5, 0.6) is 0 Å². The normalized spacial score (nSPS) is 10.3. The summed E-state index contributed by atoms with van der Waals surface area (Å²) in [5, 5.41) is 5.97. The van der Waals surface area contributed by atoms with E-state index in [-0.39, 0.29) is 5.82 Å². The number of carbonyl (C=O) groups excluding carboxylic acids is 1. The molecule has 0 aliphatic carbocycles. The molecule has 0 aliphatic heterocycles. The van der Waals surface area contributed by atoms with Crippen LogP contribution in [0.25, 0.3) is 0 Å². The Kier molecular flexibility index (Phi) is 3.66. The summed E-state index contributed by atoms with van der Waals surface area (Å²) in [5.74, 6) is -0.648. The first kappa shape index (κ1) is 13.3. The number of halogens is 1. The van der Waals surface area contributed by atoms with Gasteiger partial charge < -0.3 is 16.4 Å². The van der Waals surface area contributed by atoms with Crippen molar-refractivity contribution < 1.29 is 9.18 Å². The molecule has 7 heteroatoms. The highest BCUT2D eigenvalue weighted by atomic mass is 32.1. The molecule has 1 aromatic carbocycles. The fourth-order valence-electron chi connectivity index (χ4n) is 1.60. The van der Waals surface area contributed by atoms with Gasteiger partial charge in [0, 0.05) is 12.7 Å². The Labute approximate surface area is 113 Å². The minimum atomic E-state index is -0.401. The Morgan fingerprint density at radius 1 is 1.42 bits per heavy atom. The Morgan fingerprint density at radius 2 is 2.16 bits per heavy atom. The standard InChI is InChI=1S/C12H13FN4OS/c1-6-3-7(13)5-8(4-6)16-11(18)9-10(14)17-12(15-2)19-9/h3-5H,14H2,1-2H3,(H,15,17)(H,16,18). The fourth-order valence-corrected chi connectivity index (χ4v) is 2.33. The van der Waals surface area contributed by atoms with Gasteiger partial charge in [-0.25, -0.2) is 9.37 Å². The molecule has 1 aromatic heterocycles. The van der Waals surface area contributed by atoms with Crippen molar-refractivity contribution >= 4 is 33.9 Å². The van der Waals surface area contributed by atoms with E-state index >= 15 is 0 Å². The van der Waals surface area contributed by atoms with E-state index in [9.17, 15) is 9.18 Å². The Hall–Kier alpha value is -2.15. The van der Waals surface area contributed by atoms with Gasteiger partial charge in [0.15, 0.2) is 5.13 Å².